The number of benzene rings is 1. The monoisotopic (exact) mass is 445 g/mol. The van der Waals surface area contributed by atoms with E-state index < -0.39 is 0 Å². The number of piperazine rings is 1. The van der Waals surface area contributed by atoms with Gasteiger partial charge in [-0.25, -0.2) is 9.78 Å². The fourth-order valence-corrected chi connectivity index (χ4v) is 4.44. The van der Waals surface area contributed by atoms with Crippen molar-refractivity contribution in [1.29, 1.82) is 5.26 Å². The first-order valence-corrected chi connectivity index (χ1v) is 10.7. The Kier molecular flexibility index (Phi) is 5.38. The van der Waals surface area contributed by atoms with Crippen molar-refractivity contribution in [2.45, 2.75) is 33.0 Å². The molecule has 0 saturated carbocycles. The van der Waals surface area contributed by atoms with Gasteiger partial charge in [0, 0.05) is 37.9 Å². The molecule has 1 N–H and O–H groups in total. The van der Waals surface area contributed by atoms with E-state index in [0.717, 1.165) is 27.9 Å². The summed E-state index contributed by atoms with van der Waals surface area (Å²) in [4.78, 5) is 19.8. The largest absolute Gasteiger partial charge is 0.457 e. The Labute approximate surface area is 190 Å². The number of aryl methyl sites for hydroxylation is 1. The molecule has 0 bridgehead atoms. The normalized spacial score (nSPS) is 18.7. The molecule has 33 heavy (non-hydrogen) atoms. The van der Waals surface area contributed by atoms with Crippen LogP contribution in [0.15, 0.2) is 30.6 Å². The number of ether oxygens (including phenoxy) is 1. The lowest BCUT2D eigenvalue weighted by Crippen LogP contribution is -2.46. The van der Waals surface area contributed by atoms with E-state index in [1.54, 1.807) is 18.3 Å². The third-order valence-corrected chi connectivity index (χ3v) is 6.35. The summed E-state index contributed by atoms with van der Waals surface area (Å²) in [6, 6.07) is 7.37. The van der Waals surface area contributed by atoms with Crippen molar-refractivity contribution in [3.63, 3.8) is 0 Å². The van der Waals surface area contributed by atoms with Crippen LogP contribution in [0.2, 0.25) is 0 Å². The van der Waals surface area contributed by atoms with Gasteiger partial charge in [-0.1, -0.05) is 6.07 Å². The summed E-state index contributed by atoms with van der Waals surface area (Å²) in [7, 11) is 0. The van der Waals surface area contributed by atoms with Gasteiger partial charge in [0.1, 0.15) is 12.7 Å². The Balaban J connectivity index is 1.33. The molecule has 4 heterocycles. The van der Waals surface area contributed by atoms with Gasteiger partial charge in [-0.15, -0.1) is 4.80 Å². The molecule has 3 aromatic rings. The van der Waals surface area contributed by atoms with Gasteiger partial charge in [0.05, 0.1) is 29.1 Å². The predicted molar refractivity (Wildman–Crippen MR) is 115 cm³/mol. The smallest absolute Gasteiger partial charge is 0.338 e. The molecule has 2 aliphatic rings. The van der Waals surface area contributed by atoms with Crippen LogP contribution in [0.5, 0.6) is 0 Å². The second kappa shape index (κ2) is 8.37. The number of esters is 1. The average Bonchev–Trinajstić information content (AvgIpc) is 3.43. The maximum Gasteiger partial charge on any atom is 0.338 e. The summed E-state index contributed by atoms with van der Waals surface area (Å²) in [5, 5.41) is 29.9. The number of hydroxylamine groups is 2. The van der Waals surface area contributed by atoms with E-state index in [-0.39, 0.29) is 18.6 Å². The number of carbonyl (C=O) groups excluding carboxylic acids is 1. The number of cyclic esters (lactones) is 1. The van der Waals surface area contributed by atoms with Crippen molar-refractivity contribution in [1.82, 2.24) is 29.9 Å². The molecule has 1 fully saturated rings. The summed E-state index contributed by atoms with van der Waals surface area (Å²) < 4.78 is 5.17. The van der Waals surface area contributed by atoms with E-state index in [4.69, 9.17) is 10.00 Å². The van der Waals surface area contributed by atoms with E-state index >= 15 is 0 Å². The maximum atomic E-state index is 11.9. The number of nitrogens with zero attached hydrogens (tertiary/aromatic N) is 7. The molecule has 2 aliphatic heterocycles. The molecule has 0 radical (unpaired) electrons. The summed E-state index contributed by atoms with van der Waals surface area (Å²) in [5.74, 6) is 0.266. The Morgan fingerprint density at radius 2 is 2.12 bits per heavy atom. The molecule has 0 spiro atoms. The molecule has 0 aliphatic carbocycles. The van der Waals surface area contributed by atoms with Crippen molar-refractivity contribution in [2.75, 3.05) is 19.6 Å². The average molecular weight is 445 g/mol. The molecule has 1 aromatic carbocycles. The molecule has 10 heteroatoms. The minimum absolute atomic E-state index is 0.224. The Bertz CT molecular complexity index is 1280. The van der Waals surface area contributed by atoms with E-state index in [1.165, 1.54) is 16.1 Å². The van der Waals surface area contributed by atoms with Crippen molar-refractivity contribution in [2.24, 2.45) is 0 Å². The van der Waals surface area contributed by atoms with Crippen molar-refractivity contribution in [3.05, 3.63) is 69.7 Å². The molecule has 2 aromatic heterocycles. The zero-order chi connectivity index (χ0) is 23.1. The quantitative estimate of drug-likeness (QED) is 0.602. The van der Waals surface area contributed by atoms with Crippen LogP contribution in [0.25, 0.3) is 5.82 Å². The topological polar surface area (TPSA) is 120 Å². The molecule has 10 nitrogen and oxygen atoms in total. The third-order valence-electron chi connectivity index (χ3n) is 6.35. The van der Waals surface area contributed by atoms with Crippen LogP contribution in [0.4, 0.5) is 0 Å². The van der Waals surface area contributed by atoms with Gasteiger partial charge in [-0.3, -0.25) is 4.90 Å². The molecule has 0 amide bonds. The van der Waals surface area contributed by atoms with Crippen LogP contribution in [0, 0.1) is 25.2 Å². The van der Waals surface area contributed by atoms with Crippen LogP contribution in [-0.4, -0.2) is 60.8 Å². The standard InChI is InChI=1S/C23H23N7O3/c1-14-7-22(25-9-16(14)8-24)30-26-10-17(27-30)11-28-5-6-29(32)21(12-28)18-3-4-19-20(15(18)2)13-33-23(19)31/h3-4,7,9-10,21,32H,5-6,11-13H2,1-2H3/t21-/m0/s1. The van der Waals surface area contributed by atoms with Gasteiger partial charge in [0.25, 0.3) is 0 Å². The first kappa shape index (κ1) is 21.2. The van der Waals surface area contributed by atoms with Gasteiger partial charge >= 0.3 is 5.97 Å². The highest BCUT2D eigenvalue weighted by atomic mass is 16.5. The third kappa shape index (κ3) is 3.87. The predicted octanol–water partition coefficient (Wildman–Crippen LogP) is 2.07. The summed E-state index contributed by atoms with van der Waals surface area (Å²) in [6.07, 6.45) is 3.23. The summed E-state index contributed by atoms with van der Waals surface area (Å²) >= 11 is 0. The molecule has 1 atom stereocenters. The van der Waals surface area contributed by atoms with Gasteiger partial charge in [0.2, 0.25) is 0 Å². The van der Waals surface area contributed by atoms with Gasteiger partial charge < -0.3 is 9.94 Å². The highest BCUT2D eigenvalue weighted by Gasteiger charge is 2.32. The lowest BCUT2D eigenvalue weighted by Gasteiger charge is -2.38. The van der Waals surface area contributed by atoms with E-state index in [2.05, 4.69) is 26.2 Å². The fourth-order valence-electron chi connectivity index (χ4n) is 4.44. The Morgan fingerprint density at radius 1 is 1.27 bits per heavy atom. The highest BCUT2D eigenvalue weighted by Crippen LogP contribution is 2.33. The summed E-state index contributed by atoms with van der Waals surface area (Å²) in [5.41, 5.74) is 5.61. The summed E-state index contributed by atoms with van der Waals surface area (Å²) in [6.45, 7) is 6.45. The molecule has 168 valence electrons. The first-order chi connectivity index (χ1) is 15.9. The number of nitriles is 1. The lowest BCUT2D eigenvalue weighted by atomic mass is 9.93. The SMILES string of the molecule is Cc1cc(-n2ncc(CN3CCN(O)[C@H](c4ccc5c(c4C)COC5=O)C3)n2)ncc1C#N. The molecule has 5 rings (SSSR count). The van der Waals surface area contributed by atoms with E-state index in [9.17, 15) is 10.0 Å². The number of hydrogen-bond acceptors (Lipinski definition) is 9. The minimum atomic E-state index is -0.291. The fraction of sp³-hybridized carbons (Fsp3) is 0.348. The van der Waals surface area contributed by atoms with Crippen LogP contribution < -0.4 is 0 Å². The van der Waals surface area contributed by atoms with E-state index in [0.29, 0.717) is 43.1 Å². The molecular formula is C23H23N7O3. The van der Waals surface area contributed by atoms with Crippen LogP contribution in [0.1, 0.15) is 49.9 Å². The van der Waals surface area contributed by atoms with Gasteiger partial charge in [0.15, 0.2) is 5.82 Å². The van der Waals surface area contributed by atoms with Gasteiger partial charge in [-0.05, 0) is 42.7 Å². The molecule has 0 unspecified atom stereocenters. The number of pyridine rings is 1. The second-order valence-corrected chi connectivity index (χ2v) is 8.39. The minimum Gasteiger partial charge on any atom is -0.457 e. The van der Waals surface area contributed by atoms with Crippen LogP contribution >= 0.6 is 0 Å². The Hall–Kier alpha value is -3.65. The lowest BCUT2D eigenvalue weighted by molar-refractivity contribution is -0.159. The highest BCUT2D eigenvalue weighted by molar-refractivity contribution is 5.94. The maximum absolute atomic E-state index is 11.9. The zero-order valence-corrected chi connectivity index (χ0v) is 18.4. The number of rotatable bonds is 4. The number of aromatic nitrogens is 4. The first-order valence-electron chi connectivity index (χ1n) is 10.7. The number of carbonyl (C=O) groups is 1. The van der Waals surface area contributed by atoms with Crippen molar-refractivity contribution in [3.8, 4) is 11.9 Å². The number of hydrogen-bond donors (Lipinski definition) is 1. The van der Waals surface area contributed by atoms with Crippen LogP contribution in [0.3, 0.4) is 0 Å². The number of fused-ring (bicyclic) bond motifs is 1. The Morgan fingerprint density at radius 3 is 2.91 bits per heavy atom. The molecular weight excluding hydrogens is 422 g/mol. The van der Waals surface area contributed by atoms with E-state index in [1.807, 2.05) is 19.9 Å². The van der Waals surface area contributed by atoms with Gasteiger partial charge in [-0.2, -0.15) is 20.5 Å². The second-order valence-electron chi connectivity index (χ2n) is 8.39. The molecule has 1 saturated heterocycles. The van der Waals surface area contributed by atoms with Crippen molar-refractivity contribution < 1.29 is 14.7 Å². The van der Waals surface area contributed by atoms with Crippen molar-refractivity contribution >= 4 is 5.97 Å². The zero-order valence-electron chi connectivity index (χ0n) is 18.4. The van der Waals surface area contributed by atoms with Crippen LogP contribution in [-0.2, 0) is 17.9 Å².